The summed E-state index contributed by atoms with van der Waals surface area (Å²) in [7, 11) is 0. The lowest BCUT2D eigenvalue weighted by atomic mass is 10.2. The number of rotatable bonds is 3. The highest BCUT2D eigenvalue weighted by Gasteiger charge is 2.30. The summed E-state index contributed by atoms with van der Waals surface area (Å²) in [6.07, 6.45) is -1.24. The van der Waals surface area contributed by atoms with Gasteiger partial charge in [0, 0.05) is 17.4 Å². The summed E-state index contributed by atoms with van der Waals surface area (Å²) >= 11 is 0. The molecule has 29 heavy (non-hydrogen) atoms. The second-order valence-electron chi connectivity index (χ2n) is 6.18. The molecule has 0 atom stereocenters. The number of amides is 2. The van der Waals surface area contributed by atoms with Gasteiger partial charge in [-0.25, -0.2) is 14.8 Å². The molecule has 0 aliphatic rings. The zero-order chi connectivity index (χ0) is 20.4. The fourth-order valence-corrected chi connectivity index (χ4v) is 2.76. The molecule has 0 saturated heterocycles. The van der Waals surface area contributed by atoms with E-state index in [-0.39, 0.29) is 5.69 Å². The van der Waals surface area contributed by atoms with Crippen LogP contribution in [-0.2, 0) is 6.18 Å². The molecule has 146 valence electrons. The summed E-state index contributed by atoms with van der Waals surface area (Å²) < 4.78 is 37.9. The van der Waals surface area contributed by atoms with Crippen molar-refractivity contribution in [1.29, 1.82) is 0 Å². The van der Waals surface area contributed by atoms with Crippen LogP contribution in [-0.4, -0.2) is 21.0 Å². The Balaban J connectivity index is 1.52. The molecule has 3 N–H and O–H groups in total. The van der Waals surface area contributed by atoms with Crippen molar-refractivity contribution in [1.82, 2.24) is 15.0 Å². The SMILES string of the molecule is O=C(Nc1ccc(C(F)(F)F)cc1)Nc1c[nH]c2cnc(-c3ccccc3)nc12. The lowest BCUT2D eigenvalue weighted by molar-refractivity contribution is -0.137. The largest absolute Gasteiger partial charge is 0.416 e. The van der Waals surface area contributed by atoms with E-state index in [1.165, 1.54) is 12.1 Å². The molecule has 0 aliphatic carbocycles. The Bertz CT molecular complexity index is 1150. The van der Waals surface area contributed by atoms with Crippen LogP contribution in [0.2, 0.25) is 0 Å². The molecule has 0 saturated carbocycles. The van der Waals surface area contributed by atoms with E-state index in [0.29, 0.717) is 22.5 Å². The number of fused-ring (bicyclic) bond motifs is 1. The Kier molecular flexibility index (Phi) is 4.63. The van der Waals surface area contributed by atoms with E-state index in [1.54, 1.807) is 12.4 Å². The van der Waals surface area contributed by atoms with Gasteiger partial charge in [0.2, 0.25) is 0 Å². The third-order valence-corrected chi connectivity index (χ3v) is 4.17. The van der Waals surface area contributed by atoms with E-state index >= 15 is 0 Å². The van der Waals surface area contributed by atoms with Crippen molar-refractivity contribution in [2.24, 2.45) is 0 Å². The number of hydrogen-bond donors (Lipinski definition) is 3. The summed E-state index contributed by atoms with van der Waals surface area (Å²) in [5.74, 6) is 0.504. The smallest absolute Gasteiger partial charge is 0.357 e. The predicted octanol–water partition coefficient (Wildman–Crippen LogP) is 5.29. The van der Waals surface area contributed by atoms with E-state index in [9.17, 15) is 18.0 Å². The third kappa shape index (κ3) is 4.03. The van der Waals surface area contributed by atoms with E-state index in [4.69, 9.17) is 0 Å². The van der Waals surface area contributed by atoms with Crippen LogP contribution in [0.25, 0.3) is 22.4 Å². The van der Waals surface area contributed by atoms with Crippen molar-refractivity contribution in [3.8, 4) is 11.4 Å². The lowest BCUT2D eigenvalue weighted by Gasteiger charge is -2.09. The molecule has 0 fully saturated rings. The van der Waals surface area contributed by atoms with Crippen LogP contribution >= 0.6 is 0 Å². The number of urea groups is 1. The average Bonchev–Trinajstić information content (AvgIpc) is 3.10. The van der Waals surface area contributed by atoms with Gasteiger partial charge in [0.05, 0.1) is 23.0 Å². The number of H-pyrrole nitrogens is 1. The van der Waals surface area contributed by atoms with Gasteiger partial charge >= 0.3 is 12.2 Å². The topological polar surface area (TPSA) is 82.7 Å². The summed E-state index contributed by atoms with van der Waals surface area (Å²) in [5, 5.41) is 5.14. The Labute approximate surface area is 162 Å². The number of anilines is 2. The maximum absolute atomic E-state index is 12.6. The number of alkyl halides is 3. The quantitative estimate of drug-likeness (QED) is 0.439. The highest BCUT2D eigenvalue weighted by molar-refractivity contribution is 6.04. The summed E-state index contributed by atoms with van der Waals surface area (Å²) in [5.41, 5.74) is 1.84. The highest BCUT2D eigenvalue weighted by atomic mass is 19.4. The first-order valence-electron chi connectivity index (χ1n) is 8.55. The molecular weight excluding hydrogens is 383 g/mol. The minimum absolute atomic E-state index is 0.231. The van der Waals surface area contributed by atoms with Crippen LogP contribution < -0.4 is 10.6 Å². The molecule has 2 amide bonds. The van der Waals surface area contributed by atoms with Gasteiger partial charge in [0.1, 0.15) is 5.52 Å². The van der Waals surface area contributed by atoms with E-state index in [0.717, 1.165) is 17.7 Å². The molecule has 2 heterocycles. The van der Waals surface area contributed by atoms with Crippen molar-refractivity contribution >= 4 is 28.4 Å². The molecule has 4 aromatic rings. The Morgan fingerprint density at radius 3 is 2.38 bits per heavy atom. The number of carbonyl (C=O) groups excluding carboxylic acids is 1. The molecule has 4 rings (SSSR count). The zero-order valence-corrected chi connectivity index (χ0v) is 14.8. The van der Waals surface area contributed by atoms with Gasteiger partial charge in [-0.2, -0.15) is 13.2 Å². The Morgan fingerprint density at radius 2 is 1.69 bits per heavy atom. The van der Waals surface area contributed by atoms with Crippen molar-refractivity contribution in [2.45, 2.75) is 6.18 Å². The van der Waals surface area contributed by atoms with Crippen LogP contribution in [0.15, 0.2) is 67.0 Å². The Morgan fingerprint density at radius 1 is 0.966 bits per heavy atom. The van der Waals surface area contributed by atoms with E-state index in [1.807, 2.05) is 30.3 Å². The van der Waals surface area contributed by atoms with Crippen LogP contribution in [0.1, 0.15) is 5.56 Å². The summed E-state index contributed by atoms with van der Waals surface area (Å²) in [6, 6.07) is 13.0. The monoisotopic (exact) mass is 397 g/mol. The van der Waals surface area contributed by atoms with Crippen LogP contribution in [0.4, 0.5) is 29.3 Å². The van der Waals surface area contributed by atoms with Gasteiger partial charge in [-0.3, -0.25) is 0 Å². The molecule has 0 spiro atoms. The molecule has 0 unspecified atom stereocenters. The molecule has 0 bridgehead atoms. The van der Waals surface area contributed by atoms with Gasteiger partial charge in [-0.15, -0.1) is 0 Å². The van der Waals surface area contributed by atoms with Gasteiger partial charge in [-0.05, 0) is 24.3 Å². The Hall–Kier alpha value is -3.88. The number of benzene rings is 2. The minimum atomic E-state index is -4.43. The van der Waals surface area contributed by atoms with Gasteiger partial charge in [0.15, 0.2) is 5.82 Å². The minimum Gasteiger partial charge on any atom is -0.357 e. The average molecular weight is 397 g/mol. The van der Waals surface area contributed by atoms with Gasteiger partial charge in [0.25, 0.3) is 0 Å². The number of nitrogens with one attached hydrogen (secondary N) is 3. The number of aromatic amines is 1. The number of hydrogen-bond acceptors (Lipinski definition) is 3. The first-order valence-corrected chi connectivity index (χ1v) is 8.55. The van der Waals surface area contributed by atoms with Crippen molar-refractivity contribution in [3.63, 3.8) is 0 Å². The normalized spacial score (nSPS) is 11.4. The first-order chi connectivity index (χ1) is 13.9. The first kappa shape index (κ1) is 18.5. The fourth-order valence-electron chi connectivity index (χ4n) is 2.76. The van der Waals surface area contributed by atoms with Crippen molar-refractivity contribution < 1.29 is 18.0 Å². The number of halogens is 3. The molecular formula is C20H14F3N5O. The standard InChI is InChI=1S/C20H14F3N5O/c21-20(22,23)13-6-8-14(9-7-13)26-19(29)27-16-11-24-15-10-25-18(28-17(15)16)12-4-2-1-3-5-12/h1-11,24H,(H2,26,27,29). The second-order valence-corrected chi connectivity index (χ2v) is 6.18. The third-order valence-electron chi connectivity index (χ3n) is 4.17. The number of carbonyl (C=O) groups is 1. The van der Waals surface area contributed by atoms with Crippen molar-refractivity contribution in [2.75, 3.05) is 10.6 Å². The molecule has 0 aliphatic heterocycles. The van der Waals surface area contributed by atoms with E-state index in [2.05, 4.69) is 25.6 Å². The maximum Gasteiger partial charge on any atom is 0.416 e. The molecule has 2 aromatic carbocycles. The second kappa shape index (κ2) is 7.27. The van der Waals surface area contributed by atoms with Crippen LogP contribution in [0.3, 0.4) is 0 Å². The van der Waals surface area contributed by atoms with Crippen LogP contribution in [0, 0.1) is 0 Å². The van der Waals surface area contributed by atoms with Crippen LogP contribution in [0.5, 0.6) is 0 Å². The number of aromatic nitrogens is 3. The molecule has 2 aromatic heterocycles. The van der Waals surface area contributed by atoms with Gasteiger partial charge in [-0.1, -0.05) is 30.3 Å². The zero-order valence-electron chi connectivity index (χ0n) is 14.8. The maximum atomic E-state index is 12.6. The predicted molar refractivity (Wildman–Crippen MR) is 103 cm³/mol. The molecule has 0 radical (unpaired) electrons. The molecule has 9 heteroatoms. The van der Waals surface area contributed by atoms with E-state index < -0.39 is 17.8 Å². The van der Waals surface area contributed by atoms with Crippen molar-refractivity contribution in [3.05, 3.63) is 72.6 Å². The highest BCUT2D eigenvalue weighted by Crippen LogP contribution is 2.30. The van der Waals surface area contributed by atoms with Gasteiger partial charge < -0.3 is 15.6 Å². The fraction of sp³-hybridized carbons (Fsp3) is 0.0500. The number of nitrogens with zero attached hydrogens (tertiary/aromatic N) is 2. The lowest BCUT2D eigenvalue weighted by Crippen LogP contribution is -2.19. The summed E-state index contributed by atoms with van der Waals surface area (Å²) in [4.78, 5) is 24.0. The molecule has 6 nitrogen and oxygen atoms in total. The summed E-state index contributed by atoms with van der Waals surface area (Å²) in [6.45, 7) is 0.